The van der Waals surface area contributed by atoms with Crippen LogP contribution >= 0.6 is 0 Å². The lowest BCUT2D eigenvalue weighted by Gasteiger charge is -2.01. The first-order chi connectivity index (χ1) is 9.99. The van der Waals surface area contributed by atoms with Crippen molar-refractivity contribution in [2.75, 3.05) is 13.2 Å². The SMILES string of the molecule is CC(=O)OCCOC(=O)N=NCc1ccc(C(N)=O)cc1. The Morgan fingerprint density at radius 3 is 2.29 bits per heavy atom. The summed E-state index contributed by atoms with van der Waals surface area (Å²) in [6.45, 7) is 1.32. The number of carbonyl (C=O) groups excluding carboxylic acids is 3. The van der Waals surface area contributed by atoms with Crippen LogP contribution in [0.2, 0.25) is 0 Å². The van der Waals surface area contributed by atoms with Gasteiger partial charge in [0.05, 0.1) is 6.54 Å². The van der Waals surface area contributed by atoms with Crippen LogP contribution in [0.4, 0.5) is 4.79 Å². The number of primary amides is 1. The van der Waals surface area contributed by atoms with Crippen molar-refractivity contribution in [2.45, 2.75) is 13.5 Å². The first-order valence-electron chi connectivity index (χ1n) is 6.05. The minimum absolute atomic E-state index is 0.0226. The molecule has 1 rings (SSSR count). The van der Waals surface area contributed by atoms with Crippen LogP contribution in [0.3, 0.4) is 0 Å². The van der Waals surface area contributed by atoms with Gasteiger partial charge in [0.2, 0.25) is 5.91 Å². The highest BCUT2D eigenvalue weighted by molar-refractivity contribution is 5.92. The van der Waals surface area contributed by atoms with E-state index in [4.69, 9.17) is 5.73 Å². The summed E-state index contributed by atoms with van der Waals surface area (Å²) in [4.78, 5) is 32.5. The average Bonchev–Trinajstić information content (AvgIpc) is 2.44. The smallest absolute Gasteiger partial charge is 0.452 e. The normalized spacial score (nSPS) is 10.3. The number of esters is 1. The molecule has 0 bridgehead atoms. The fourth-order valence-electron chi connectivity index (χ4n) is 1.29. The van der Waals surface area contributed by atoms with Gasteiger partial charge in [-0.05, 0) is 17.7 Å². The highest BCUT2D eigenvalue weighted by Crippen LogP contribution is 2.05. The molecule has 0 aliphatic carbocycles. The molecule has 0 saturated heterocycles. The Balaban J connectivity index is 2.31. The number of benzene rings is 1. The number of hydrogen-bond donors (Lipinski definition) is 1. The molecule has 8 nitrogen and oxygen atoms in total. The summed E-state index contributed by atoms with van der Waals surface area (Å²) in [5, 5.41) is 6.98. The summed E-state index contributed by atoms with van der Waals surface area (Å²) in [6.07, 6.45) is -0.865. The molecule has 0 radical (unpaired) electrons. The van der Waals surface area contributed by atoms with Crippen LogP contribution in [0.1, 0.15) is 22.8 Å². The minimum atomic E-state index is -0.865. The third-order valence-electron chi connectivity index (χ3n) is 2.26. The van der Waals surface area contributed by atoms with E-state index in [0.29, 0.717) is 5.56 Å². The Kier molecular flexibility index (Phi) is 6.52. The standard InChI is InChI=1S/C13H15N3O5/c1-9(17)20-6-7-21-13(19)16-15-8-10-2-4-11(5-3-10)12(14)18/h2-5H,6-8H2,1H3,(H2,14,18). The highest BCUT2D eigenvalue weighted by atomic mass is 16.6. The quantitative estimate of drug-likeness (QED) is 0.483. The van der Waals surface area contributed by atoms with Crippen LogP contribution in [-0.4, -0.2) is 31.2 Å². The Morgan fingerprint density at radius 1 is 1.10 bits per heavy atom. The third-order valence-corrected chi connectivity index (χ3v) is 2.26. The first kappa shape index (κ1) is 16.3. The molecule has 0 aromatic heterocycles. The zero-order valence-corrected chi connectivity index (χ0v) is 11.4. The largest absolute Gasteiger partial charge is 0.462 e. The van der Waals surface area contributed by atoms with E-state index in [1.54, 1.807) is 24.3 Å². The fraction of sp³-hybridized carbons (Fsp3) is 0.308. The lowest BCUT2D eigenvalue weighted by Crippen LogP contribution is -2.10. The third kappa shape index (κ3) is 6.81. The molecule has 0 fully saturated rings. The van der Waals surface area contributed by atoms with E-state index in [-0.39, 0.29) is 19.8 Å². The Hall–Kier alpha value is -2.77. The zero-order chi connectivity index (χ0) is 15.7. The molecule has 0 atom stereocenters. The van der Waals surface area contributed by atoms with E-state index in [2.05, 4.69) is 19.7 Å². The van der Waals surface area contributed by atoms with Crippen molar-refractivity contribution >= 4 is 18.0 Å². The Morgan fingerprint density at radius 2 is 1.71 bits per heavy atom. The maximum absolute atomic E-state index is 11.1. The van der Waals surface area contributed by atoms with Crippen LogP contribution in [0.15, 0.2) is 34.5 Å². The van der Waals surface area contributed by atoms with Gasteiger partial charge in [0.25, 0.3) is 0 Å². The summed E-state index contributed by atoms with van der Waals surface area (Å²) in [7, 11) is 0. The fourth-order valence-corrected chi connectivity index (χ4v) is 1.29. The predicted octanol–water partition coefficient (Wildman–Crippen LogP) is 1.44. The molecule has 0 unspecified atom stereocenters. The van der Waals surface area contributed by atoms with Crippen molar-refractivity contribution < 1.29 is 23.9 Å². The molecular weight excluding hydrogens is 278 g/mol. The number of nitrogens with zero attached hydrogens (tertiary/aromatic N) is 2. The second kappa shape index (κ2) is 8.41. The van der Waals surface area contributed by atoms with Crippen LogP contribution in [0.5, 0.6) is 0 Å². The Labute approximate surface area is 120 Å². The first-order valence-corrected chi connectivity index (χ1v) is 6.05. The number of rotatable bonds is 6. The summed E-state index contributed by atoms with van der Waals surface area (Å²) in [6, 6.07) is 6.44. The lowest BCUT2D eigenvalue weighted by atomic mass is 10.1. The van der Waals surface area contributed by atoms with Gasteiger partial charge in [0.1, 0.15) is 13.2 Å². The lowest BCUT2D eigenvalue weighted by molar-refractivity contribution is -0.141. The van der Waals surface area contributed by atoms with Gasteiger partial charge in [-0.3, -0.25) is 9.59 Å². The van der Waals surface area contributed by atoms with E-state index in [0.717, 1.165) is 5.56 Å². The molecule has 8 heteroatoms. The Bertz CT molecular complexity index is 539. The van der Waals surface area contributed by atoms with E-state index >= 15 is 0 Å². The predicted molar refractivity (Wildman–Crippen MR) is 71.5 cm³/mol. The van der Waals surface area contributed by atoms with Crippen molar-refractivity contribution in [3.05, 3.63) is 35.4 Å². The molecule has 0 aliphatic heterocycles. The summed E-state index contributed by atoms with van der Waals surface area (Å²) < 4.78 is 9.21. The van der Waals surface area contributed by atoms with E-state index in [1.165, 1.54) is 6.92 Å². The van der Waals surface area contributed by atoms with Crippen LogP contribution in [0.25, 0.3) is 0 Å². The minimum Gasteiger partial charge on any atom is -0.462 e. The molecule has 0 aliphatic rings. The summed E-state index contributed by atoms with van der Waals surface area (Å²) in [5.74, 6) is -0.966. The topological polar surface area (TPSA) is 120 Å². The van der Waals surface area contributed by atoms with E-state index in [1.807, 2.05) is 0 Å². The number of amides is 2. The molecule has 1 aromatic rings. The van der Waals surface area contributed by atoms with Gasteiger partial charge in [0, 0.05) is 12.5 Å². The molecule has 0 saturated carbocycles. The highest BCUT2D eigenvalue weighted by Gasteiger charge is 2.01. The molecule has 0 spiro atoms. The molecular formula is C13H15N3O5. The maximum atomic E-state index is 11.1. The maximum Gasteiger partial charge on any atom is 0.452 e. The van der Waals surface area contributed by atoms with Crippen LogP contribution in [-0.2, 0) is 20.8 Å². The van der Waals surface area contributed by atoms with Gasteiger partial charge in [-0.1, -0.05) is 17.2 Å². The number of azo groups is 1. The molecule has 2 N–H and O–H groups in total. The molecule has 21 heavy (non-hydrogen) atoms. The van der Waals surface area contributed by atoms with Crippen molar-refractivity contribution in [1.29, 1.82) is 0 Å². The van der Waals surface area contributed by atoms with Crippen molar-refractivity contribution in [3.63, 3.8) is 0 Å². The van der Waals surface area contributed by atoms with Gasteiger partial charge in [-0.15, -0.1) is 0 Å². The summed E-state index contributed by atoms with van der Waals surface area (Å²) >= 11 is 0. The second-order valence-corrected chi connectivity index (χ2v) is 3.92. The number of hydrogen-bond acceptors (Lipinski definition) is 6. The van der Waals surface area contributed by atoms with Gasteiger partial charge >= 0.3 is 12.1 Å². The summed E-state index contributed by atoms with van der Waals surface area (Å²) in [5.41, 5.74) is 6.26. The van der Waals surface area contributed by atoms with Gasteiger partial charge in [0.15, 0.2) is 0 Å². The van der Waals surface area contributed by atoms with Crippen LogP contribution < -0.4 is 5.73 Å². The molecule has 1 aromatic carbocycles. The van der Waals surface area contributed by atoms with E-state index < -0.39 is 18.0 Å². The monoisotopic (exact) mass is 293 g/mol. The van der Waals surface area contributed by atoms with Crippen molar-refractivity contribution in [1.82, 2.24) is 0 Å². The van der Waals surface area contributed by atoms with E-state index in [9.17, 15) is 14.4 Å². The number of ether oxygens (including phenoxy) is 2. The number of carbonyl (C=O) groups is 3. The molecule has 2 amide bonds. The van der Waals surface area contributed by atoms with Crippen molar-refractivity contribution in [3.8, 4) is 0 Å². The second-order valence-electron chi connectivity index (χ2n) is 3.92. The zero-order valence-electron chi connectivity index (χ0n) is 11.4. The van der Waals surface area contributed by atoms with Gasteiger partial charge in [-0.25, -0.2) is 4.79 Å². The molecule has 0 heterocycles. The average molecular weight is 293 g/mol. The van der Waals surface area contributed by atoms with Gasteiger partial charge < -0.3 is 15.2 Å². The van der Waals surface area contributed by atoms with Crippen LogP contribution in [0, 0.1) is 0 Å². The van der Waals surface area contributed by atoms with Crippen molar-refractivity contribution in [2.24, 2.45) is 16.0 Å². The van der Waals surface area contributed by atoms with Gasteiger partial charge in [-0.2, -0.15) is 5.11 Å². The molecule has 112 valence electrons. The number of nitrogens with two attached hydrogens (primary N) is 1.